The van der Waals surface area contributed by atoms with Gasteiger partial charge < -0.3 is 19.1 Å². The van der Waals surface area contributed by atoms with Crippen LogP contribution in [0.4, 0.5) is 0 Å². The van der Waals surface area contributed by atoms with Crippen LogP contribution in [0.25, 0.3) is 0 Å². The molecule has 4 heteroatoms. The molecule has 4 nitrogen and oxygen atoms in total. The van der Waals surface area contributed by atoms with Crippen LogP contribution in [0.2, 0.25) is 0 Å². The summed E-state index contributed by atoms with van der Waals surface area (Å²) in [6, 6.07) is 0. The summed E-state index contributed by atoms with van der Waals surface area (Å²) in [7, 11) is 6.02. The molecule has 0 aliphatic rings. The Balaban J connectivity index is 4.02. The first-order chi connectivity index (χ1) is 9.85. The van der Waals surface area contributed by atoms with Crippen LogP contribution in [0, 0.1) is 0 Å². The van der Waals surface area contributed by atoms with Crippen molar-refractivity contribution in [3.05, 3.63) is 24.5 Å². The molecule has 0 N–H and O–H groups in total. The van der Waals surface area contributed by atoms with Crippen LogP contribution in [-0.2, 0) is 9.53 Å². The molecule has 0 heterocycles. The largest absolute Gasteiger partial charge is 0.550 e. The van der Waals surface area contributed by atoms with Crippen molar-refractivity contribution in [1.82, 2.24) is 0 Å². The number of hydrogen-bond donors (Lipinski definition) is 0. The maximum atomic E-state index is 10.7. The van der Waals surface area contributed by atoms with E-state index in [0.717, 1.165) is 6.42 Å². The second-order valence-electron chi connectivity index (χ2n) is 6.41. The third-order valence-corrected chi connectivity index (χ3v) is 2.97. The number of carboxylic acid groups (broad SMARTS) is 1. The van der Waals surface area contributed by atoms with E-state index in [-0.39, 0.29) is 12.5 Å². The molecule has 0 radical (unpaired) electrons. The highest BCUT2D eigenvalue weighted by molar-refractivity contribution is 5.64. The second-order valence-corrected chi connectivity index (χ2v) is 6.41. The molecule has 0 amide bonds. The number of likely N-dealkylation sites (N-methyl/N-ethyl adjacent to an activating group) is 1. The van der Waals surface area contributed by atoms with Gasteiger partial charge in [0.25, 0.3) is 0 Å². The highest BCUT2D eigenvalue weighted by atomic mass is 16.5. The normalized spacial score (nSPS) is 13.9. The zero-order valence-corrected chi connectivity index (χ0v) is 14.0. The minimum atomic E-state index is -1.08. The van der Waals surface area contributed by atoms with E-state index in [1.54, 1.807) is 6.26 Å². The zero-order valence-electron chi connectivity index (χ0n) is 14.0. The van der Waals surface area contributed by atoms with Crippen LogP contribution in [-0.4, -0.2) is 44.2 Å². The molecule has 122 valence electrons. The maximum Gasteiger partial charge on any atom is 0.152 e. The fourth-order valence-corrected chi connectivity index (χ4v) is 2.02. The molecule has 0 aromatic rings. The average molecular weight is 297 g/mol. The molecule has 0 aliphatic heterocycles. The molecule has 0 fully saturated rings. The van der Waals surface area contributed by atoms with E-state index in [1.165, 1.54) is 25.7 Å². The molecule has 0 bridgehead atoms. The number of unbranched alkanes of at least 4 members (excludes halogenated alkanes) is 4. The third kappa shape index (κ3) is 14.9. The van der Waals surface area contributed by atoms with Crippen LogP contribution in [0.5, 0.6) is 0 Å². The van der Waals surface area contributed by atoms with E-state index in [1.807, 2.05) is 33.3 Å². The molecule has 0 saturated carbocycles. The van der Waals surface area contributed by atoms with Crippen molar-refractivity contribution in [1.29, 1.82) is 0 Å². The van der Waals surface area contributed by atoms with Crippen LogP contribution in [0.15, 0.2) is 24.5 Å². The summed E-state index contributed by atoms with van der Waals surface area (Å²) in [5, 5.41) is 10.7. The van der Waals surface area contributed by atoms with Gasteiger partial charge in [-0.1, -0.05) is 38.3 Å². The van der Waals surface area contributed by atoms with Gasteiger partial charge >= 0.3 is 0 Å². The number of ether oxygens (including phenoxy) is 1. The fraction of sp³-hybridized carbons (Fsp3) is 0.706. The van der Waals surface area contributed by atoms with Gasteiger partial charge in [0.1, 0.15) is 6.54 Å². The fourth-order valence-electron chi connectivity index (χ4n) is 2.02. The molecule has 0 spiro atoms. The van der Waals surface area contributed by atoms with E-state index in [9.17, 15) is 9.90 Å². The Morgan fingerprint density at radius 1 is 1.19 bits per heavy atom. The summed E-state index contributed by atoms with van der Waals surface area (Å²) in [5.41, 5.74) is 0. The summed E-state index contributed by atoms with van der Waals surface area (Å²) in [6.45, 7) is 2.83. The van der Waals surface area contributed by atoms with Crippen molar-refractivity contribution in [3.63, 3.8) is 0 Å². The molecule has 0 rings (SSSR count). The second kappa shape index (κ2) is 11.4. The Labute approximate surface area is 129 Å². The predicted octanol–water partition coefficient (Wildman–Crippen LogP) is 2.26. The first kappa shape index (κ1) is 19.7. The van der Waals surface area contributed by atoms with Crippen molar-refractivity contribution in [3.8, 4) is 0 Å². The first-order valence-electron chi connectivity index (χ1n) is 7.82. The van der Waals surface area contributed by atoms with Gasteiger partial charge in [-0.25, -0.2) is 0 Å². The summed E-state index contributed by atoms with van der Waals surface area (Å²) in [5.74, 6) is -1.08. The van der Waals surface area contributed by atoms with Crippen molar-refractivity contribution in [2.75, 3.05) is 27.7 Å². The number of aliphatic carboxylic acids is 1. The van der Waals surface area contributed by atoms with Crippen molar-refractivity contribution in [2.45, 2.75) is 51.6 Å². The van der Waals surface area contributed by atoms with E-state index in [2.05, 4.69) is 13.0 Å². The Bertz CT molecular complexity index is 329. The molecule has 21 heavy (non-hydrogen) atoms. The van der Waals surface area contributed by atoms with Gasteiger partial charge in [0.15, 0.2) is 6.10 Å². The summed E-state index contributed by atoms with van der Waals surface area (Å²) >= 11 is 0. The number of allylic oxidation sites excluding steroid dienone is 3. The molecule has 0 aromatic carbocycles. The van der Waals surface area contributed by atoms with Gasteiger partial charge in [0.2, 0.25) is 0 Å². The molecule has 0 aromatic heterocycles. The smallest absolute Gasteiger partial charge is 0.152 e. The molecule has 0 saturated heterocycles. The summed E-state index contributed by atoms with van der Waals surface area (Å²) in [4.78, 5) is 10.7. The van der Waals surface area contributed by atoms with Crippen LogP contribution >= 0.6 is 0 Å². The van der Waals surface area contributed by atoms with E-state index in [4.69, 9.17) is 4.74 Å². The lowest BCUT2D eigenvalue weighted by Gasteiger charge is -2.28. The van der Waals surface area contributed by atoms with Crippen molar-refractivity contribution >= 4 is 5.97 Å². The first-order valence-corrected chi connectivity index (χ1v) is 7.82. The maximum absolute atomic E-state index is 10.7. The number of carbonyl (C=O) groups is 1. The lowest BCUT2D eigenvalue weighted by molar-refractivity contribution is -0.873. The van der Waals surface area contributed by atoms with Crippen molar-refractivity contribution < 1.29 is 19.1 Å². The van der Waals surface area contributed by atoms with Crippen molar-refractivity contribution in [2.24, 2.45) is 0 Å². The quantitative estimate of drug-likeness (QED) is 0.240. The molecule has 1 atom stereocenters. The standard InChI is InChI=1S/C17H31NO3/c1-5-6-7-8-9-10-11-12-13-21-16(14-17(19)20)15-18(2,3)4/h10-13,16H,5-9,14-15H2,1-4H3/t16-/m1/s1. The summed E-state index contributed by atoms with van der Waals surface area (Å²) in [6.07, 6.45) is 13.1. The van der Waals surface area contributed by atoms with Gasteiger partial charge in [-0.05, 0) is 18.9 Å². The Kier molecular flexibility index (Phi) is 10.7. The lowest BCUT2D eigenvalue weighted by atomic mass is 10.1. The lowest BCUT2D eigenvalue weighted by Crippen LogP contribution is -2.44. The number of carboxylic acids is 1. The molecule has 0 aliphatic carbocycles. The van der Waals surface area contributed by atoms with Gasteiger partial charge in [-0.3, -0.25) is 0 Å². The van der Waals surface area contributed by atoms with E-state index < -0.39 is 5.97 Å². The Morgan fingerprint density at radius 2 is 1.90 bits per heavy atom. The zero-order chi connectivity index (χ0) is 16.1. The molecular weight excluding hydrogens is 266 g/mol. The molecular formula is C17H31NO3. The number of quaternary nitrogens is 1. The highest BCUT2D eigenvalue weighted by Crippen LogP contribution is 2.05. The Morgan fingerprint density at radius 3 is 2.48 bits per heavy atom. The SMILES string of the molecule is CCCCCCC=CC=CO[C@H](CC(=O)[O-])C[N+](C)(C)C. The average Bonchev–Trinajstić information content (AvgIpc) is 2.34. The predicted molar refractivity (Wildman–Crippen MR) is 84.4 cm³/mol. The minimum absolute atomic E-state index is 0.0827. The van der Waals surface area contributed by atoms with Gasteiger partial charge in [-0.2, -0.15) is 0 Å². The van der Waals surface area contributed by atoms with Gasteiger partial charge in [-0.15, -0.1) is 0 Å². The minimum Gasteiger partial charge on any atom is -0.550 e. The number of hydrogen-bond acceptors (Lipinski definition) is 3. The number of rotatable bonds is 12. The summed E-state index contributed by atoms with van der Waals surface area (Å²) < 4.78 is 6.16. The van der Waals surface area contributed by atoms with E-state index >= 15 is 0 Å². The van der Waals surface area contributed by atoms with Crippen LogP contribution in [0.1, 0.15) is 45.4 Å². The van der Waals surface area contributed by atoms with Crippen LogP contribution < -0.4 is 5.11 Å². The van der Waals surface area contributed by atoms with E-state index in [0.29, 0.717) is 11.0 Å². The topological polar surface area (TPSA) is 49.4 Å². The highest BCUT2D eigenvalue weighted by Gasteiger charge is 2.18. The number of carbonyl (C=O) groups excluding carboxylic acids is 1. The van der Waals surface area contributed by atoms with Crippen LogP contribution in [0.3, 0.4) is 0 Å². The Hall–Kier alpha value is -1.29. The number of nitrogens with zero attached hydrogens (tertiary/aromatic N) is 1. The molecule has 0 unspecified atom stereocenters. The van der Waals surface area contributed by atoms with Gasteiger partial charge in [0.05, 0.1) is 27.4 Å². The third-order valence-electron chi connectivity index (χ3n) is 2.97. The monoisotopic (exact) mass is 297 g/mol. The van der Waals surface area contributed by atoms with Gasteiger partial charge in [0, 0.05) is 12.4 Å².